The number of thiophene rings is 1. The van der Waals surface area contributed by atoms with Gasteiger partial charge in [0.2, 0.25) is 0 Å². The molecule has 0 radical (unpaired) electrons. The summed E-state index contributed by atoms with van der Waals surface area (Å²) in [6.45, 7) is 3.49. The minimum atomic E-state index is -0.734. The highest BCUT2D eigenvalue weighted by molar-refractivity contribution is 7.99. The molecule has 6 heteroatoms. The van der Waals surface area contributed by atoms with Gasteiger partial charge in [0, 0.05) is 5.75 Å². The Morgan fingerprint density at radius 2 is 2.31 bits per heavy atom. The normalized spacial score (nSPS) is 11.9. The van der Waals surface area contributed by atoms with E-state index in [1.165, 1.54) is 11.8 Å². The third kappa shape index (κ3) is 3.07. The van der Waals surface area contributed by atoms with Gasteiger partial charge >= 0.3 is 0 Å². The van der Waals surface area contributed by atoms with Gasteiger partial charge in [0.05, 0.1) is 10.5 Å². The first-order valence-electron chi connectivity index (χ1n) is 4.77. The Morgan fingerprint density at radius 1 is 1.50 bits per heavy atom. The summed E-state index contributed by atoms with van der Waals surface area (Å²) in [6, 6.07) is 3.87. The number of rotatable bonds is 4. The summed E-state index contributed by atoms with van der Waals surface area (Å²) < 4.78 is 5.46. The summed E-state index contributed by atoms with van der Waals surface area (Å²) >= 11 is 2.92. The van der Waals surface area contributed by atoms with Crippen LogP contribution < -0.4 is 0 Å². The van der Waals surface area contributed by atoms with Crippen molar-refractivity contribution < 1.29 is 9.52 Å². The van der Waals surface area contributed by atoms with Crippen molar-refractivity contribution in [2.24, 2.45) is 0 Å². The SMILES string of the molecule is CC(C)(O)CSc1nnc(-c2cccs2)o1. The van der Waals surface area contributed by atoms with Gasteiger partial charge in [-0.2, -0.15) is 0 Å². The second-order valence-electron chi connectivity index (χ2n) is 3.95. The van der Waals surface area contributed by atoms with E-state index in [1.807, 2.05) is 17.5 Å². The van der Waals surface area contributed by atoms with Crippen molar-refractivity contribution in [1.29, 1.82) is 0 Å². The van der Waals surface area contributed by atoms with E-state index in [1.54, 1.807) is 25.2 Å². The van der Waals surface area contributed by atoms with Crippen molar-refractivity contribution in [3.8, 4) is 10.8 Å². The predicted molar refractivity (Wildman–Crippen MR) is 64.6 cm³/mol. The van der Waals surface area contributed by atoms with Crippen LogP contribution in [0.25, 0.3) is 10.8 Å². The van der Waals surface area contributed by atoms with Crippen LogP contribution in [0.3, 0.4) is 0 Å². The number of aliphatic hydroxyl groups is 1. The molecule has 0 saturated carbocycles. The highest BCUT2D eigenvalue weighted by Gasteiger charge is 2.16. The minimum Gasteiger partial charge on any atom is -0.410 e. The van der Waals surface area contributed by atoms with Gasteiger partial charge in [-0.3, -0.25) is 0 Å². The van der Waals surface area contributed by atoms with Crippen LogP contribution in [0.4, 0.5) is 0 Å². The smallest absolute Gasteiger partial charge is 0.276 e. The van der Waals surface area contributed by atoms with Gasteiger partial charge in [-0.25, -0.2) is 0 Å². The van der Waals surface area contributed by atoms with E-state index in [2.05, 4.69) is 10.2 Å². The third-order valence-corrected chi connectivity index (χ3v) is 3.81. The molecule has 0 aliphatic carbocycles. The third-order valence-electron chi connectivity index (χ3n) is 1.69. The van der Waals surface area contributed by atoms with E-state index in [0.29, 0.717) is 16.9 Å². The van der Waals surface area contributed by atoms with Gasteiger partial charge in [-0.15, -0.1) is 21.5 Å². The zero-order valence-electron chi connectivity index (χ0n) is 9.01. The molecule has 0 bridgehead atoms. The Kier molecular flexibility index (Phi) is 3.32. The molecule has 4 nitrogen and oxygen atoms in total. The molecule has 2 aromatic heterocycles. The molecule has 0 unspecified atom stereocenters. The number of thioether (sulfide) groups is 1. The lowest BCUT2D eigenvalue weighted by Gasteiger charge is -2.13. The molecule has 2 aromatic rings. The number of hydrogen-bond acceptors (Lipinski definition) is 6. The van der Waals surface area contributed by atoms with E-state index in [-0.39, 0.29) is 0 Å². The Morgan fingerprint density at radius 3 is 2.94 bits per heavy atom. The topological polar surface area (TPSA) is 59.2 Å². The molecule has 2 heterocycles. The molecule has 0 amide bonds. The maximum atomic E-state index is 9.56. The van der Waals surface area contributed by atoms with Gasteiger partial charge < -0.3 is 9.52 Å². The van der Waals surface area contributed by atoms with Crippen LogP contribution in [0, 0.1) is 0 Å². The van der Waals surface area contributed by atoms with Crippen LogP contribution in [0.1, 0.15) is 13.8 Å². The molecule has 0 aromatic carbocycles. The largest absolute Gasteiger partial charge is 0.410 e. The molecule has 0 atom stereocenters. The Bertz CT molecular complexity index is 446. The molecular weight excluding hydrogens is 244 g/mol. The van der Waals surface area contributed by atoms with Gasteiger partial charge in [0.1, 0.15) is 0 Å². The molecule has 0 saturated heterocycles. The molecule has 1 N–H and O–H groups in total. The summed E-state index contributed by atoms with van der Waals surface area (Å²) in [7, 11) is 0. The van der Waals surface area contributed by atoms with Crippen LogP contribution in [0.5, 0.6) is 0 Å². The molecule has 86 valence electrons. The van der Waals surface area contributed by atoms with Gasteiger partial charge in [0.15, 0.2) is 0 Å². The number of aromatic nitrogens is 2. The lowest BCUT2D eigenvalue weighted by Crippen LogP contribution is -2.21. The molecule has 0 fully saturated rings. The van der Waals surface area contributed by atoms with Crippen molar-refractivity contribution in [3.05, 3.63) is 17.5 Å². The van der Waals surface area contributed by atoms with Crippen molar-refractivity contribution in [2.45, 2.75) is 24.7 Å². The maximum Gasteiger partial charge on any atom is 0.276 e. The fraction of sp³-hybridized carbons (Fsp3) is 0.400. The summed E-state index contributed by atoms with van der Waals surface area (Å²) in [5.74, 6) is 1.06. The van der Waals surface area contributed by atoms with Gasteiger partial charge in [-0.1, -0.05) is 17.8 Å². The van der Waals surface area contributed by atoms with E-state index in [0.717, 1.165) is 4.88 Å². The summed E-state index contributed by atoms with van der Waals surface area (Å²) in [4.78, 5) is 0.961. The first-order chi connectivity index (χ1) is 7.54. The van der Waals surface area contributed by atoms with Crippen LogP contribution in [0.15, 0.2) is 27.2 Å². The monoisotopic (exact) mass is 256 g/mol. The van der Waals surface area contributed by atoms with E-state index in [4.69, 9.17) is 4.42 Å². The molecule has 0 spiro atoms. The lowest BCUT2D eigenvalue weighted by atomic mass is 10.2. The van der Waals surface area contributed by atoms with E-state index < -0.39 is 5.60 Å². The fourth-order valence-corrected chi connectivity index (χ4v) is 2.36. The summed E-state index contributed by atoms with van der Waals surface area (Å²) in [5, 5.41) is 19.9. The Hall–Kier alpha value is -0.850. The Balaban J connectivity index is 2.03. The number of hydrogen-bond donors (Lipinski definition) is 1. The fourth-order valence-electron chi connectivity index (χ4n) is 1.01. The van der Waals surface area contributed by atoms with Crippen molar-refractivity contribution in [3.63, 3.8) is 0 Å². The first kappa shape index (κ1) is 11.6. The highest BCUT2D eigenvalue weighted by Crippen LogP contribution is 2.27. The van der Waals surface area contributed by atoms with E-state index in [9.17, 15) is 5.11 Å². The van der Waals surface area contributed by atoms with Gasteiger partial charge in [0.25, 0.3) is 11.1 Å². The average molecular weight is 256 g/mol. The molecule has 2 rings (SSSR count). The number of nitrogens with zero attached hydrogens (tertiary/aromatic N) is 2. The maximum absolute atomic E-state index is 9.56. The van der Waals surface area contributed by atoms with Crippen molar-refractivity contribution in [2.75, 3.05) is 5.75 Å². The molecule has 0 aliphatic heterocycles. The molecular formula is C10H12N2O2S2. The highest BCUT2D eigenvalue weighted by atomic mass is 32.2. The molecule has 0 aliphatic rings. The first-order valence-corrected chi connectivity index (χ1v) is 6.64. The van der Waals surface area contributed by atoms with Crippen LogP contribution >= 0.6 is 23.1 Å². The second kappa shape index (κ2) is 4.57. The van der Waals surface area contributed by atoms with Crippen LogP contribution in [-0.2, 0) is 0 Å². The minimum absolute atomic E-state index is 0.491. The Labute approximate surface area is 102 Å². The quantitative estimate of drug-likeness (QED) is 0.852. The predicted octanol–water partition coefficient (Wildman–Crippen LogP) is 2.66. The zero-order valence-corrected chi connectivity index (χ0v) is 10.6. The summed E-state index contributed by atoms with van der Waals surface area (Å²) in [6.07, 6.45) is 0. The lowest BCUT2D eigenvalue weighted by molar-refractivity contribution is 0.106. The van der Waals surface area contributed by atoms with Gasteiger partial charge in [-0.05, 0) is 25.3 Å². The van der Waals surface area contributed by atoms with Crippen molar-refractivity contribution >= 4 is 23.1 Å². The van der Waals surface area contributed by atoms with Crippen LogP contribution in [0.2, 0.25) is 0 Å². The van der Waals surface area contributed by atoms with Crippen LogP contribution in [-0.4, -0.2) is 26.7 Å². The summed E-state index contributed by atoms with van der Waals surface area (Å²) in [5.41, 5.74) is -0.734. The van der Waals surface area contributed by atoms with Crippen molar-refractivity contribution in [1.82, 2.24) is 10.2 Å². The standard InChI is InChI=1S/C10H12N2O2S2/c1-10(2,13)6-16-9-12-11-8(14-9)7-4-3-5-15-7/h3-5,13H,6H2,1-2H3. The molecule has 16 heavy (non-hydrogen) atoms. The van der Waals surface area contributed by atoms with E-state index >= 15 is 0 Å². The average Bonchev–Trinajstić information content (AvgIpc) is 2.84. The zero-order chi connectivity index (χ0) is 11.6. The second-order valence-corrected chi connectivity index (χ2v) is 5.83.